The highest BCUT2D eigenvalue weighted by molar-refractivity contribution is 9.10. The molecular formula is C21H17Br2N5O2. The van der Waals surface area contributed by atoms with Gasteiger partial charge in [-0.15, -0.1) is 5.10 Å². The molecule has 2 heterocycles. The van der Waals surface area contributed by atoms with Crippen molar-refractivity contribution in [3.8, 4) is 17.1 Å². The zero-order valence-corrected chi connectivity index (χ0v) is 18.9. The van der Waals surface area contributed by atoms with Gasteiger partial charge in [0.05, 0.1) is 5.56 Å². The number of hydrogen-bond donors (Lipinski definition) is 2. The van der Waals surface area contributed by atoms with Crippen molar-refractivity contribution in [2.45, 2.75) is 19.4 Å². The molecule has 0 saturated heterocycles. The van der Waals surface area contributed by atoms with Crippen molar-refractivity contribution >= 4 is 31.9 Å². The van der Waals surface area contributed by atoms with E-state index in [1.807, 2.05) is 48.5 Å². The molecule has 0 aliphatic carbocycles. The fraction of sp³-hybridized carbons (Fsp3) is 0.143. The van der Waals surface area contributed by atoms with Crippen LogP contribution in [0.3, 0.4) is 0 Å². The van der Waals surface area contributed by atoms with Crippen LogP contribution in [0.2, 0.25) is 0 Å². The molecule has 2 N–H and O–H groups in total. The van der Waals surface area contributed by atoms with Gasteiger partial charge in [-0.05, 0) is 74.6 Å². The van der Waals surface area contributed by atoms with E-state index < -0.39 is 0 Å². The molecule has 0 radical (unpaired) electrons. The lowest BCUT2D eigenvalue weighted by Crippen LogP contribution is -2.13. The molecule has 4 aromatic rings. The highest BCUT2D eigenvalue weighted by Gasteiger charge is 2.13. The third-order valence-electron chi connectivity index (χ3n) is 4.57. The molecule has 30 heavy (non-hydrogen) atoms. The van der Waals surface area contributed by atoms with Crippen LogP contribution >= 0.6 is 31.9 Å². The smallest absolute Gasteiger partial charge is 0.259 e. The molecular weight excluding hydrogens is 514 g/mol. The van der Waals surface area contributed by atoms with Gasteiger partial charge in [0.25, 0.3) is 5.56 Å². The molecule has 0 amide bonds. The second-order valence-electron chi connectivity index (χ2n) is 6.61. The first-order chi connectivity index (χ1) is 14.6. The zero-order chi connectivity index (χ0) is 20.9. The summed E-state index contributed by atoms with van der Waals surface area (Å²) >= 11 is 7.07. The summed E-state index contributed by atoms with van der Waals surface area (Å²) in [5.41, 5.74) is 3.09. The Bertz CT molecular complexity index is 1190. The normalized spacial score (nSPS) is 10.9. The molecule has 152 valence electrons. The monoisotopic (exact) mass is 529 g/mol. The molecule has 4 rings (SSSR count). The molecule has 0 aliphatic rings. The van der Waals surface area contributed by atoms with Crippen molar-refractivity contribution in [3.63, 3.8) is 0 Å². The number of aromatic amines is 2. The number of halogens is 2. The quantitative estimate of drug-likeness (QED) is 0.368. The van der Waals surface area contributed by atoms with Crippen LogP contribution in [0.15, 0.2) is 68.3 Å². The summed E-state index contributed by atoms with van der Waals surface area (Å²) < 4.78 is 7.82. The molecule has 0 atom stereocenters. The van der Waals surface area contributed by atoms with E-state index >= 15 is 0 Å². The van der Waals surface area contributed by atoms with Crippen LogP contribution in [0.25, 0.3) is 11.4 Å². The molecule has 0 bridgehead atoms. The fourth-order valence-electron chi connectivity index (χ4n) is 3.05. The van der Waals surface area contributed by atoms with Gasteiger partial charge in [0.1, 0.15) is 12.4 Å². The second kappa shape index (κ2) is 9.36. The van der Waals surface area contributed by atoms with E-state index in [1.165, 1.54) is 0 Å². The Morgan fingerprint density at radius 2 is 1.83 bits per heavy atom. The van der Waals surface area contributed by atoms with E-state index in [-0.39, 0.29) is 5.56 Å². The molecule has 9 heteroatoms. The molecule has 0 aliphatic heterocycles. The Morgan fingerprint density at radius 1 is 1.00 bits per heavy atom. The molecule has 0 saturated carbocycles. The maximum atomic E-state index is 12.5. The number of tetrazole rings is 1. The molecule has 0 spiro atoms. The van der Waals surface area contributed by atoms with Crippen LogP contribution in [-0.4, -0.2) is 25.6 Å². The molecule has 2 aromatic carbocycles. The Balaban J connectivity index is 1.51. The van der Waals surface area contributed by atoms with E-state index in [9.17, 15) is 4.79 Å². The summed E-state index contributed by atoms with van der Waals surface area (Å²) in [6.07, 6.45) is 1.32. The molecule has 2 aromatic heterocycles. The van der Waals surface area contributed by atoms with Gasteiger partial charge in [-0.2, -0.15) is 0 Å². The average molecular weight is 531 g/mol. The number of aryl methyl sites for hydroxylation is 2. The maximum Gasteiger partial charge on any atom is 0.259 e. The number of aromatic nitrogens is 5. The van der Waals surface area contributed by atoms with Gasteiger partial charge in [0.2, 0.25) is 0 Å². The predicted octanol–water partition coefficient (Wildman–Crippen LogP) is 4.44. The van der Waals surface area contributed by atoms with Crippen LogP contribution < -0.4 is 10.3 Å². The van der Waals surface area contributed by atoms with Crippen molar-refractivity contribution in [1.29, 1.82) is 0 Å². The minimum Gasteiger partial charge on any atom is -0.489 e. The summed E-state index contributed by atoms with van der Waals surface area (Å²) in [7, 11) is 0. The van der Waals surface area contributed by atoms with Crippen LogP contribution in [0, 0.1) is 0 Å². The van der Waals surface area contributed by atoms with Crippen molar-refractivity contribution in [3.05, 3.63) is 90.7 Å². The van der Waals surface area contributed by atoms with Crippen LogP contribution in [-0.2, 0) is 19.4 Å². The fourth-order valence-corrected chi connectivity index (χ4v) is 3.99. The van der Waals surface area contributed by atoms with E-state index in [4.69, 9.17) is 4.74 Å². The van der Waals surface area contributed by atoms with Gasteiger partial charge in [-0.25, -0.2) is 5.10 Å². The van der Waals surface area contributed by atoms with E-state index in [0.29, 0.717) is 30.8 Å². The Kier molecular flexibility index (Phi) is 6.39. The topological polar surface area (TPSA) is 96.6 Å². The van der Waals surface area contributed by atoms with Gasteiger partial charge in [-0.1, -0.05) is 46.3 Å². The van der Waals surface area contributed by atoms with E-state index in [2.05, 4.69) is 57.5 Å². The first kappa shape index (κ1) is 20.5. The largest absolute Gasteiger partial charge is 0.489 e. The average Bonchev–Trinajstić information content (AvgIpc) is 3.29. The number of nitrogens with zero attached hydrogens (tertiary/aromatic N) is 3. The number of nitrogens with one attached hydrogen (secondary N) is 2. The van der Waals surface area contributed by atoms with E-state index in [0.717, 1.165) is 31.5 Å². The lowest BCUT2D eigenvalue weighted by molar-refractivity contribution is 0.303. The first-order valence-electron chi connectivity index (χ1n) is 9.21. The lowest BCUT2D eigenvalue weighted by atomic mass is 10.1. The van der Waals surface area contributed by atoms with Crippen molar-refractivity contribution in [2.24, 2.45) is 0 Å². The third kappa shape index (κ3) is 4.85. The number of ether oxygens (including phenoxy) is 1. The zero-order valence-electron chi connectivity index (χ0n) is 15.7. The summed E-state index contributed by atoms with van der Waals surface area (Å²) in [4.78, 5) is 15.4. The van der Waals surface area contributed by atoms with Gasteiger partial charge in [0.15, 0.2) is 5.82 Å². The van der Waals surface area contributed by atoms with E-state index in [1.54, 1.807) is 6.07 Å². The van der Waals surface area contributed by atoms with Crippen molar-refractivity contribution in [2.75, 3.05) is 0 Å². The SMILES string of the molecule is O=c1[nH]c(CCc2cc(Br)ccc2OCc2ccccc2)c(Br)cc1-c1nnn[nH]1. The highest BCUT2D eigenvalue weighted by Crippen LogP contribution is 2.27. The Hall–Kier alpha value is -2.78. The summed E-state index contributed by atoms with van der Waals surface area (Å²) in [5.74, 6) is 1.15. The molecule has 0 unspecified atom stereocenters. The molecule has 7 nitrogen and oxygen atoms in total. The summed E-state index contributed by atoms with van der Waals surface area (Å²) in [6.45, 7) is 0.496. The Labute approximate surface area is 189 Å². The van der Waals surface area contributed by atoms with Gasteiger partial charge >= 0.3 is 0 Å². The minimum absolute atomic E-state index is 0.249. The van der Waals surface area contributed by atoms with Crippen LogP contribution in [0.1, 0.15) is 16.8 Å². The number of rotatable bonds is 7. The second-order valence-corrected chi connectivity index (χ2v) is 8.38. The van der Waals surface area contributed by atoms with Crippen molar-refractivity contribution < 1.29 is 4.74 Å². The number of benzene rings is 2. The predicted molar refractivity (Wildman–Crippen MR) is 120 cm³/mol. The standard InChI is InChI=1S/C21H17Br2N5O2/c22-15-7-9-19(30-12-13-4-2-1-3-5-13)14(10-15)6-8-18-17(23)11-16(21(29)24-18)20-25-27-28-26-20/h1-5,7,9-11H,6,8,12H2,(H,24,29)(H,25,26,27,28). The Morgan fingerprint density at radius 3 is 2.60 bits per heavy atom. The van der Waals surface area contributed by atoms with Gasteiger partial charge in [-0.3, -0.25) is 4.79 Å². The highest BCUT2D eigenvalue weighted by atomic mass is 79.9. The first-order valence-corrected chi connectivity index (χ1v) is 10.8. The van der Waals surface area contributed by atoms with Crippen LogP contribution in [0.4, 0.5) is 0 Å². The number of pyridine rings is 1. The lowest BCUT2D eigenvalue weighted by Gasteiger charge is -2.13. The minimum atomic E-state index is -0.249. The third-order valence-corrected chi connectivity index (χ3v) is 5.77. The van der Waals surface area contributed by atoms with Crippen molar-refractivity contribution in [1.82, 2.24) is 25.6 Å². The number of H-pyrrole nitrogens is 2. The summed E-state index contributed by atoms with van der Waals surface area (Å²) in [5, 5.41) is 13.4. The van der Waals surface area contributed by atoms with Gasteiger partial charge in [0, 0.05) is 14.6 Å². The van der Waals surface area contributed by atoms with Gasteiger partial charge < -0.3 is 9.72 Å². The summed E-state index contributed by atoms with van der Waals surface area (Å²) in [6, 6.07) is 17.7. The molecule has 0 fully saturated rings. The van der Waals surface area contributed by atoms with Crippen LogP contribution in [0.5, 0.6) is 5.75 Å². The number of hydrogen-bond acceptors (Lipinski definition) is 5. The maximum absolute atomic E-state index is 12.5.